The number of hydrogen-bond acceptors (Lipinski definition) is 6. The Balaban J connectivity index is 1.74. The number of thiazole rings is 1. The summed E-state index contributed by atoms with van der Waals surface area (Å²) in [5.74, 6) is 1.32. The highest BCUT2D eigenvalue weighted by Gasteiger charge is 2.15. The normalized spacial score (nSPS) is 12.1. The summed E-state index contributed by atoms with van der Waals surface area (Å²) >= 11 is 1.46. The number of benzene rings is 2. The fourth-order valence-corrected chi connectivity index (χ4v) is 3.30. The van der Waals surface area contributed by atoms with Gasteiger partial charge in [0.25, 0.3) is 5.19 Å². The van der Waals surface area contributed by atoms with E-state index in [-0.39, 0.29) is 18.3 Å². The van der Waals surface area contributed by atoms with Gasteiger partial charge in [-0.2, -0.15) is 0 Å². The zero-order chi connectivity index (χ0) is 17.8. The van der Waals surface area contributed by atoms with E-state index in [1.54, 1.807) is 7.11 Å². The fourth-order valence-electron chi connectivity index (χ4n) is 2.43. The Bertz CT molecular complexity index is 873. The van der Waals surface area contributed by atoms with Gasteiger partial charge in [-0.15, -0.1) is 0 Å². The molecule has 0 spiro atoms. The zero-order valence-electron chi connectivity index (χ0n) is 14.3. The van der Waals surface area contributed by atoms with Crippen LogP contribution in [0.4, 0.5) is 0 Å². The molecular weight excluding hydrogens is 338 g/mol. The number of methoxy groups -OCH3 is 2. The molecule has 130 valence electrons. The number of aromatic nitrogens is 1. The monoisotopic (exact) mass is 357 g/mol. The summed E-state index contributed by atoms with van der Waals surface area (Å²) in [5, 5.41) is 0.569. The molecule has 5 nitrogen and oxygen atoms in total. The van der Waals surface area contributed by atoms with Crippen molar-refractivity contribution in [2.45, 2.75) is 12.8 Å². The van der Waals surface area contributed by atoms with Crippen LogP contribution in [0.1, 0.15) is 18.4 Å². The molecule has 25 heavy (non-hydrogen) atoms. The van der Waals surface area contributed by atoms with Gasteiger partial charge in [-0.3, -0.25) is 4.79 Å². The number of carbonyl (C=O) groups is 1. The smallest absolute Gasteiger partial charge is 0.279 e. The summed E-state index contributed by atoms with van der Waals surface area (Å²) in [5.41, 5.74) is 1.81. The van der Waals surface area contributed by atoms with Crippen molar-refractivity contribution in [2.75, 3.05) is 20.8 Å². The molecule has 3 rings (SSSR count). The molecular formula is C19H19NO4S. The maximum Gasteiger partial charge on any atom is 0.279 e. The first kappa shape index (κ1) is 17.4. The third-order valence-corrected chi connectivity index (χ3v) is 4.83. The second kappa shape index (κ2) is 7.63. The Morgan fingerprint density at radius 3 is 2.52 bits per heavy atom. The van der Waals surface area contributed by atoms with Crippen LogP contribution in [0, 0.1) is 0 Å². The van der Waals surface area contributed by atoms with E-state index < -0.39 is 0 Å². The predicted octanol–water partition coefficient (Wildman–Crippen LogP) is 4.42. The molecule has 2 aromatic carbocycles. The van der Waals surface area contributed by atoms with Gasteiger partial charge in [-0.25, -0.2) is 4.98 Å². The Morgan fingerprint density at radius 2 is 1.84 bits per heavy atom. The lowest BCUT2D eigenvalue weighted by Crippen LogP contribution is -2.14. The standard InChI is InChI=1S/C19H19NO4S/c1-12(17(21)11-22-2)13-4-6-14(7-5-13)24-19-20-16-9-8-15(23-3)10-18(16)25-19/h4-10,12H,11H2,1-3H3. The molecule has 1 aromatic heterocycles. The molecule has 3 aromatic rings. The van der Waals surface area contributed by atoms with E-state index in [2.05, 4.69) is 4.98 Å². The molecule has 0 amide bonds. The Morgan fingerprint density at radius 1 is 1.12 bits per heavy atom. The summed E-state index contributed by atoms with van der Waals surface area (Å²) < 4.78 is 17.0. The van der Waals surface area contributed by atoms with E-state index in [0.29, 0.717) is 10.9 Å². The quantitative estimate of drug-likeness (QED) is 0.627. The maximum atomic E-state index is 11.9. The third kappa shape index (κ3) is 3.97. The molecule has 0 radical (unpaired) electrons. The van der Waals surface area contributed by atoms with Crippen LogP contribution in [0.5, 0.6) is 16.7 Å². The van der Waals surface area contributed by atoms with Crippen LogP contribution in [0.15, 0.2) is 42.5 Å². The number of carbonyl (C=O) groups excluding carboxylic acids is 1. The van der Waals surface area contributed by atoms with Gasteiger partial charge >= 0.3 is 0 Å². The second-order valence-electron chi connectivity index (χ2n) is 5.61. The highest BCUT2D eigenvalue weighted by atomic mass is 32.1. The van der Waals surface area contributed by atoms with E-state index in [0.717, 1.165) is 21.5 Å². The minimum Gasteiger partial charge on any atom is -0.497 e. The number of ether oxygens (including phenoxy) is 3. The van der Waals surface area contributed by atoms with Crippen LogP contribution in [-0.2, 0) is 9.53 Å². The molecule has 1 unspecified atom stereocenters. The molecule has 0 N–H and O–H groups in total. The molecule has 1 heterocycles. The van der Waals surface area contributed by atoms with Crippen molar-refractivity contribution in [3.63, 3.8) is 0 Å². The van der Waals surface area contributed by atoms with E-state index >= 15 is 0 Å². The van der Waals surface area contributed by atoms with Crippen molar-refractivity contribution in [3.8, 4) is 16.7 Å². The third-order valence-electron chi connectivity index (χ3n) is 3.93. The SMILES string of the molecule is COCC(=O)C(C)c1ccc(Oc2nc3ccc(OC)cc3s2)cc1. The Kier molecular flexibility index (Phi) is 5.31. The summed E-state index contributed by atoms with van der Waals surface area (Å²) in [4.78, 5) is 16.4. The number of ketones is 1. The summed E-state index contributed by atoms with van der Waals surface area (Å²) in [7, 11) is 3.16. The molecule has 0 fully saturated rings. The minimum atomic E-state index is -0.205. The number of hydrogen-bond donors (Lipinski definition) is 0. The van der Waals surface area contributed by atoms with Crippen molar-refractivity contribution in [1.29, 1.82) is 0 Å². The maximum absolute atomic E-state index is 11.9. The van der Waals surface area contributed by atoms with E-state index in [4.69, 9.17) is 14.2 Å². The van der Waals surface area contributed by atoms with E-state index in [1.807, 2.05) is 49.4 Å². The molecule has 0 aliphatic carbocycles. The predicted molar refractivity (Wildman–Crippen MR) is 98.0 cm³/mol. The van der Waals surface area contributed by atoms with Gasteiger partial charge in [0.05, 0.1) is 17.3 Å². The van der Waals surface area contributed by atoms with Gasteiger partial charge in [0.1, 0.15) is 18.1 Å². The van der Waals surface area contributed by atoms with E-state index in [9.17, 15) is 4.79 Å². The zero-order valence-corrected chi connectivity index (χ0v) is 15.1. The lowest BCUT2D eigenvalue weighted by molar-refractivity contribution is -0.123. The van der Waals surface area contributed by atoms with Crippen molar-refractivity contribution in [3.05, 3.63) is 48.0 Å². The molecule has 0 aliphatic rings. The average Bonchev–Trinajstić information content (AvgIpc) is 3.03. The molecule has 1 atom stereocenters. The largest absolute Gasteiger partial charge is 0.497 e. The van der Waals surface area contributed by atoms with Crippen molar-refractivity contribution in [2.24, 2.45) is 0 Å². The van der Waals surface area contributed by atoms with Crippen LogP contribution < -0.4 is 9.47 Å². The Labute approximate surface area is 150 Å². The minimum absolute atomic E-state index is 0.0521. The average molecular weight is 357 g/mol. The Hall–Kier alpha value is -2.44. The topological polar surface area (TPSA) is 57.7 Å². The van der Waals surface area contributed by atoms with Gasteiger partial charge in [0, 0.05) is 13.0 Å². The van der Waals surface area contributed by atoms with Crippen molar-refractivity contribution < 1.29 is 19.0 Å². The summed E-state index contributed by atoms with van der Waals surface area (Å²) in [6, 6.07) is 13.2. The van der Waals surface area contributed by atoms with Gasteiger partial charge in [0.15, 0.2) is 5.78 Å². The van der Waals surface area contributed by atoms with Gasteiger partial charge in [-0.05, 0) is 35.9 Å². The number of fused-ring (bicyclic) bond motifs is 1. The van der Waals surface area contributed by atoms with Gasteiger partial charge < -0.3 is 14.2 Å². The van der Waals surface area contributed by atoms with Crippen LogP contribution in [-0.4, -0.2) is 31.6 Å². The summed E-state index contributed by atoms with van der Waals surface area (Å²) in [6.07, 6.45) is 0. The van der Waals surface area contributed by atoms with Gasteiger partial charge in [-0.1, -0.05) is 30.4 Å². The number of rotatable bonds is 7. The molecule has 0 bridgehead atoms. The number of nitrogens with zero attached hydrogens (tertiary/aromatic N) is 1. The molecule has 6 heteroatoms. The van der Waals surface area contributed by atoms with Crippen LogP contribution >= 0.6 is 11.3 Å². The lowest BCUT2D eigenvalue weighted by Gasteiger charge is -2.10. The molecule has 0 saturated heterocycles. The fraction of sp³-hybridized carbons (Fsp3) is 0.263. The van der Waals surface area contributed by atoms with Crippen LogP contribution in [0.3, 0.4) is 0 Å². The molecule has 0 aliphatic heterocycles. The first-order chi connectivity index (χ1) is 12.1. The first-order valence-electron chi connectivity index (χ1n) is 7.84. The van der Waals surface area contributed by atoms with Crippen molar-refractivity contribution >= 4 is 27.3 Å². The van der Waals surface area contributed by atoms with Gasteiger partial charge in [0.2, 0.25) is 0 Å². The van der Waals surface area contributed by atoms with Crippen LogP contribution in [0.2, 0.25) is 0 Å². The first-order valence-corrected chi connectivity index (χ1v) is 8.66. The number of Topliss-reactive ketones (excluding diaryl/α,β-unsaturated/α-hetero) is 1. The van der Waals surface area contributed by atoms with E-state index in [1.165, 1.54) is 18.4 Å². The molecule has 0 saturated carbocycles. The highest BCUT2D eigenvalue weighted by molar-refractivity contribution is 7.20. The highest BCUT2D eigenvalue weighted by Crippen LogP contribution is 2.33. The van der Waals surface area contributed by atoms with Crippen LogP contribution in [0.25, 0.3) is 10.2 Å². The van der Waals surface area contributed by atoms with Crippen molar-refractivity contribution in [1.82, 2.24) is 4.98 Å². The second-order valence-corrected chi connectivity index (χ2v) is 6.60. The lowest BCUT2D eigenvalue weighted by atomic mass is 9.97. The summed E-state index contributed by atoms with van der Waals surface area (Å²) in [6.45, 7) is 1.99.